The maximum Gasteiger partial charge on any atom is 0.255 e. The Morgan fingerprint density at radius 2 is 2.07 bits per heavy atom. The summed E-state index contributed by atoms with van der Waals surface area (Å²) in [4.78, 5) is 25.4. The quantitative estimate of drug-likeness (QED) is 0.727. The van der Waals surface area contributed by atoms with Gasteiger partial charge in [0, 0.05) is 28.5 Å². The highest BCUT2D eigenvalue weighted by Gasteiger charge is 2.23. The monoisotopic (exact) mass is 378 g/mol. The number of hydrogen-bond acceptors (Lipinski definition) is 4. The molecule has 1 aromatic heterocycles. The number of carbonyl (C=O) groups is 2. The van der Waals surface area contributed by atoms with Crippen molar-refractivity contribution < 1.29 is 9.59 Å². The maximum atomic E-state index is 12.5. The smallest absolute Gasteiger partial charge is 0.255 e. The fraction of sp³-hybridized carbons (Fsp3) is 0.150. The van der Waals surface area contributed by atoms with E-state index in [1.165, 1.54) is 11.8 Å². The van der Waals surface area contributed by atoms with Crippen molar-refractivity contribution in [1.29, 1.82) is 0 Å². The first-order chi connectivity index (χ1) is 13.1. The number of hydrogen-bond donors (Lipinski definition) is 2. The zero-order valence-electron chi connectivity index (χ0n) is 14.7. The van der Waals surface area contributed by atoms with E-state index in [1.54, 1.807) is 18.3 Å². The van der Waals surface area contributed by atoms with Gasteiger partial charge in [0.2, 0.25) is 5.91 Å². The molecule has 0 saturated carbocycles. The zero-order chi connectivity index (χ0) is 18.8. The van der Waals surface area contributed by atoms with Gasteiger partial charge in [0.1, 0.15) is 0 Å². The van der Waals surface area contributed by atoms with Crippen molar-refractivity contribution in [3.8, 4) is 0 Å². The van der Waals surface area contributed by atoms with Gasteiger partial charge in [0.15, 0.2) is 0 Å². The fourth-order valence-electron chi connectivity index (χ4n) is 2.83. The number of amides is 2. The van der Waals surface area contributed by atoms with Gasteiger partial charge in [-0.15, -0.1) is 11.8 Å². The molecule has 2 aromatic carbocycles. The lowest BCUT2D eigenvalue weighted by molar-refractivity contribution is -0.115. The lowest BCUT2D eigenvalue weighted by atomic mass is 10.1. The van der Waals surface area contributed by atoms with E-state index in [0.717, 1.165) is 10.5 Å². The molecule has 1 aliphatic heterocycles. The molecule has 1 atom stereocenters. The first-order valence-corrected chi connectivity index (χ1v) is 9.46. The van der Waals surface area contributed by atoms with Crippen molar-refractivity contribution in [2.75, 3.05) is 10.6 Å². The molecule has 0 fully saturated rings. The van der Waals surface area contributed by atoms with E-state index in [-0.39, 0.29) is 17.1 Å². The third-order valence-corrected chi connectivity index (χ3v) is 5.47. The molecule has 0 saturated heterocycles. The van der Waals surface area contributed by atoms with E-state index < -0.39 is 0 Å². The second-order valence-corrected chi connectivity index (χ2v) is 7.70. The van der Waals surface area contributed by atoms with Gasteiger partial charge < -0.3 is 10.6 Å². The summed E-state index contributed by atoms with van der Waals surface area (Å²) in [5.41, 5.74) is 3.00. The predicted octanol–water partition coefficient (Wildman–Crippen LogP) is 3.62. The van der Waals surface area contributed by atoms with Gasteiger partial charge in [-0.1, -0.05) is 12.1 Å². The Labute approximate surface area is 161 Å². The minimum atomic E-state index is -0.213. The summed E-state index contributed by atoms with van der Waals surface area (Å²) < 4.78 is 1.84. The van der Waals surface area contributed by atoms with Gasteiger partial charge in [-0.2, -0.15) is 5.10 Å². The summed E-state index contributed by atoms with van der Waals surface area (Å²) >= 11 is 1.50. The summed E-state index contributed by atoms with van der Waals surface area (Å²) in [7, 11) is 0. The number of fused-ring (bicyclic) bond motifs is 1. The highest BCUT2D eigenvalue weighted by atomic mass is 32.2. The Bertz CT molecular complexity index is 984. The standard InChI is InChI=1S/C20H18N4O2S/c1-13-19(25)23-17-11-15(5-8-18(17)27-13)20(26)22-16-6-3-14(4-7-16)12-24-10-2-9-21-24/h2-11,13H,12H2,1H3,(H,22,26)(H,23,25)/t13-/m1/s1. The molecule has 136 valence electrons. The van der Waals surface area contributed by atoms with Gasteiger partial charge >= 0.3 is 0 Å². The van der Waals surface area contributed by atoms with E-state index in [4.69, 9.17) is 0 Å². The van der Waals surface area contributed by atoms with Crippen molar-refractivity contribution in [2.24, 2.45) is 0 Å². The molecule has 6 nitrogen and oxygen atoms in total. The van der Waals surface area contributed by atoms with Crippen molar-refractivity contribution in [1.82, 2.24) is 9.78 Å². The average molecular weight is 378 g/mol. The highest BCUT2D eigenvalue weighted by molar-refractivity contribution is 8.00. The Hall–Kier alpha value is -3.06. The SMILES string of the molecule is C[C@H]1Sc2ccc(C(=O)Nc3ccc(Cn4cccn4)cc3)cc2NC1=O. The van der Waals surface area contributed by atoms with Crippen LogP contribution in [0.4, 0.5) is 11.4 Å². The van der Waals surface area contributed by atoms with Crippen LogP contribution >= 0.6 is 11.8 Å². The number of nitrogens with zero attached hydrogens (tertiary/aromatic N) is 2. The minimum absolute atomic E-state index is 0.0437. The number of nitrogens with one attached hydrogen (secondary N) is 2. The Balaban J connectivity index is 1.44. The lowest BCUT2D eigenvalue weighted by Crippen LogP contribution is -2.26. The van der Waals surface area contributed by atoms with Gasteiger partial charge in [0.25, 0.3) is 5.91 Å². The molecular formula is C20H18N4O2S. The molecule has 1 aliphatic rings. The van der Waals surface area contributed by atoms with Gasteiger partial charge in [-0.05, 0) is 48.9 Å². The molecule has 0 unspecified atom stereocenters. The van der Waals surface area contributed by atoms with Crippen LogP contribution in [0.5, 0.6) is 0 Å². The van der Waals surface area contributed by atoms with Crippen LogP contribution in [0.2, 0.25) is 0 Å². The van der Waals surface area contributed by atoms with Crippen molar-refractivity contribution in [3.05, 3.63) is 72.1 Å². The first kappa shape index (κ1) is 17.4. The minimum Gasteiger partial charge on any atom is -0.324 e. The molecule has 4 rings (SSSR count). The highest BCUT2D eigenvalue weighted by Crippen LogP contribution is 2.36. The second-order valence-electron chi connectivity index (χ2n) is 6.31. The Morgan fingerprint density at radius 3 is 2.81 bits per heavy atom. The number of carbonyl (C=O) groups excluding carboxylic acids is 2. The van der Waals surface area contributed by atoms with Crippen LogP contribution in [-0.2, 0) is 11.3 Å². The predicted molar refractivity (Wildman–Crippen MR) is 106 cm³/mol. The van der Waals surface area contributed by atoms with Crippen LogP contribution in [0.25, 0.3) is 0 Å². The summed E-state index contributed by atoms with van der Waals surface area (Å²) in [5, 5.41) is 9.79. The van der Waals surface area contributed by atoms with Crippen LogP contribution in [-0.4, -0.2) is 26.8 Å². The molecule has 7 heteroatoms. The van der Waals surface area contributed by atoms with Gasteiger partial charge in [-0.3, -0.25) is 14.3 Å². The van der Waals surface area contributed by atoms with Gasteiger partial charge in [-0.25, -0.2) is 0 Å². The van der Waals surface area contributed by atoms with Crippen LogP contribution < -0.4 is 10.6 Å². The number of aromatic nitrogens is 2. The molecule has 0 aliphatic carbocycles. The summed E-state index contributed by atoms with van der Waals surface area (Å²) in [6, 6.07) is 14.9. The fourth-order valence-corrected chi connectivity index (χ4v) is 3.76. The van der Waals surface area contributed by atoms with Crippen molar-refractivity contribution >= 4 is 35.0 Å². The van der Waals surface area contributed by atoms with Crippen LogP contribution in [0.15, 0.2) is 65.8 Å². The molecule has 3 aromatic rings. The maximum absolute atomic E-state index is 12.5. The van der Waals surface area contributed by atoms with E-state index in [0.29, 0.717) is 23.5 Å². The van der Waals surface area contributed by atoms with Crippen LogP contribution in [0.1, 0.15) is 22.8 Å². The summed E-state index contributed by atoms with van der Waals surface area (Å²) in [6.45, 7) is 2.54. The third kappa shape index (κ3) is 3.88. The summed E-state index contributed by atoms with van der Waals surface area (Å²) in [5.74, 6) is -0.256. The van der Waals surface area contributed by atoms with E-state index >= 15 is 0 Å². The number of benzene rings is 2. The topological polar surface area (TPSA) is 76.0 Å². The second kappa shape index (κ2) is 7.28. The first-order valence-electron chi connectivity index (χ1n) is 8.58. The van der Waals surface area contributed by atoms with E-state index in [2.05, 4.69) is 15.7 Å². The Kier molecular flexibility index (Phi) is 4.68. The molecule has 2 N–H and O–H groups in total. The third-order valence-electron chi connectivity index (χ3n) is 4.29. The molecule has 27 heavy (non-hydrogen) atoms. The van der Waals surface area contributed by atoms with E-state index in [9.17, 15) is 9.59 Å². The average Bonchev–Trinajstić information content (AvgIpc) is 3.17. The van der Waals surface area contributed by atoms with E-state index in [1.807, 2.05) is 54.2 Å². The van der Waals surface area contributed by atoms with Crippen molar-refractivity contribution in [3.63, 3.8) is 0 Å². The number of anilines is 2. The number of rotatable bonds is 4. The number of thioether (sulfide) groups is 1. The largest absolute Gasteiger partial charge is 0.324 e. The normalized spacial score (nSPS) is 15.7. The Morgan fingerprint density at radius 1 is 1.26 bits per heavy atom. The van der Waals surface area contributed by atoms with Crippen LogP contribution in [0, 0.1) is 0 Å². The van der Waals surface area contributed by atoms with Crippen LogP contribution in [0.3, 0.4) is 0 Å². The van der Waals surface area contributed by atoms with Crippen molar-refractivity contribution in [2.45, 2.75) is 23.6 Å². The molecule has 2 amide bonds. The molecule has 2 heterocycles. The molecular weight excluding hydrogens is 360 g/mol. The molecule has 0 radical (unpaired) electrons. The lowest BCUT2D eigenvalue weighted by Gasteiger charge is -2.21. The molecule has 0 spiro atoms. The zero-order valence-corrected chi connectivity index (χ0v) is 15.5. The van der Waals surface area contributed by atoms with Gasteiger partial charge in [0.05, 0.1) is 17.5 Å². The molecule has 0 bridgehead atoms. The summed E-state index contributed by atoms with van der Waals surface area (Å²) in [6.07, 6.45) is 3.65.